The van der Waals surface area contributed by atoms with Gasteiger partial charge in [-0.1, -0.05) is 28.1 Å². The zero-order valence-corrected chi connectivity index (χ0v) is 19.1. The maximum absolute atomic E-state index is 13.3. The second kappa shape index (κ2) is 8.49. The highest BCUT2D eigenvalue weighted by atomic mass is 127. The van der Waals surface area contributed by atoms with Crippen LogP contribution in [-0.4, -0.2) is 14.5 Å². The van der Waals surface area contributed by atoms with Crippen molar-refractivity contribution < 1.29 is 4.92 Å². The van der Waals surface area contributed by atoms with Gasteiger partial charge in [-0.15, -0.1) is 0 Å². The van der Waals surface area contributed by atoms with E-state index in [4.69, 9.17) is 0 Å². The van der Waals surface area contributed by atoms with Crippen LogP contribution >= 0.6 is 38.5 Å². The van der Waals surface area contributed by atoms with Gasteiger partial charge in [-0.2, -0.15) is 0 Å². The van der Waals surface area contributed by atoms with Crippen LogP contribution in [0.25, 0.3) is 28.7 Å². The third-order valence-corrected chi connectivity index (χ3v) is 5.69. The van der Waals surface area contributed by atoms with Crippen molar-refractivity contribution in [3.8, 4) is 5.69 Å². The Bertz CT molecular complexity index is 1360. The van der Waals surface area contributed by atoms with Crippen LogP contribution in [0.2, 0.25) is 0 Å². The number of aromatic nitrogens is 2. The Morgan fingerprint density at radius 3 is 2.50 bits per heavy atom. The Kier molecular flexibility index (Phi) is 5.78. The Labute approximate surface area is 193 Å². The summed E-state index contributed by atoms with van der Waals surface area (Å²) < 4.78 is 3.33. The first kappa shape index (κ1) is 20.4. The molecule has 6 nitrogen and oxygen atoms in total. The highest BCUT2D eigenvalue weighted by molar-refractivity contribution is 14.1. The van der Waals surface area contributed by atoms with Gasteiger partial charge in [0.1, 0.15) is 5.82 Å². The monoisotopic (exact) mass is 573 g/mol. The number of rotatable bonds is 4. The molecule has 4 aromatic rings. The van der Waals surface area contributed by atoms with Gasteiger partial charge in [0.2, 0.25) is 0 Å². The van der Waals surface area contributed by atoms with Crippen molar-refractivity contribution in [2.24, 2.45) is 0 Å². The minimum absolute atomic E-state index is 0.0124. The molecule has 0 aliphatic heterocycles. The average molecular weight is 574 g/mol. The molecular formula is C22H13BrIN3O3. The summed E-state index contributed by atoms with van der Waals surface area (Å²) in [6.07, 6.45) is 3.23. The van der Waals surface area contributed by atoms with E-state index in [1.807, 2.05) is 30.3 Å². The number of nitro groups is 1. The lowest BCUT2D eigenvalue weighted by Gasteiger charge is -2.12. The number of benzene rings is 3. The first-order chi connectivity index (χ1) is 14.4. The van der Waals surface area contributed by atoms with Crippen molar-refractivity contribution in [3.05, 3.63) is 107 Å². The van der Waals surface area contributed by atoms with Crippen LogP contribution in [0.1, 0.15) is 11.4 Å². The second-order valence-corrected chi connectivity index (χ2v) is 8.56. The molecule has 0 atom stereocenters. The summed E-state index contributed by atoms with van der Waals surface area (Å²) in [6, 6.07) is 19.2. The van der Waals surface area contributed by atoms with E-state index in [-0.39, 0.29) is 11.2 Å². The molecule has 8 heteroatoms. The molecule has 0 bridgehead atoms. The molecule has 1 heterocycles. The van der Waals surface area contributed by atoms with Crippen molar-refractivity contribution >= 4 is 67.3 Å². The van der Waals surface area contributed by atoms with Crippen LogP contribution in [0, 0.1) is 13.7 Å². The number of hydrogen-bond donors (Lipinski definition) is 0. The molecule has 0 saturated heterocycles. The van der Waals surface area contributed by atoms with Crippen LogP contribution in [0.3, 0.4) is 0 Å². The summed E-state index contributed by atoms with van der Waals surface area (Å²) in [5, 5.41) is 11.8. The van der Waals surface area contributed by atoms with Gasteiger partial charge in [0, 0.05) is 14.1 Å². The fourth-order valence-corrected chi connectivity index (χ4v) is 3.84. The predicted octanol–water partition coefficient (Wildman–Crippen LogP) is 5.83. The fourth-order valence-electron chi connectivity index (χ4n) is 3.09. The molecule has 4 rings (SSSR count). The molecule has 0 saturated carbocycles. The quantitative estimate of drug-likeness (QED) is 0.175. The second-order valence-electron chi connectivity index (χ2n) is 6.40. The van der Waals surface area contributed by atoms with Crippen molar-refractivity contribution in [3.63, 3.8) is 0 Å². The van der Waals surface area contributed by atoms with Gasteiger partial charge in [-0.25, -0.2) is 4.98 Å². The summed E-state index contributed by atoms with van der Waals surface area (Å²) >= 11 is 5.56. The first-order valence-corrected chi connectivity index (χ1v) is 10.7. The van der Waals surface area contributed by atoms with Crippen LogP contribution in [0.5, 0.6) is 0 Å². The van der Waals surface area contributed by atoms with Crippen molar-refractivity contribution in [2.75, 3.05) is 0 Å². The van der Waals surface area contributed by atoms with Crippen LogP contribution in [0.4, 0.5) is 5.69 Å². The zero-order valence-electron chi connectivity index (χ0n) is 15.3. The maximum atomic E-state index is 13.3. The van der Waals surface area contributed by atoms with E-state index in [0.29, 0.717) is 28.0 Å². The van der Waals surface area contributed by atoms with E-state index in [1.165, 1.54) is 10.6 Å². The van der Waals surface area contributed by atoms with Gasteiger partial charge < -0.3 is 0 Å². The molecular weight excluding hydrogens is 561 g/mol. The van der Waals surface area contributed by atoms with E-state index in [0.717, 1.165) is 8.04 Å². The highest BCUT2D eigenvalue weighted by Gasteiger charge is 2.13. The van der Waals surface area contributed by atoms with E-state index < -0.39 is 4.92 Å². The molecule has 0 aliphatic rings. The molecule has 0 fully saturated rings. The van der Waals surface area contributed by atoms with E-state index in [9.17, 15) is 14.9 Å². The Hall–Kier alpha value is -2.85. The standard InChI is InChI=1S/C22H13BrIN3O3/c23-15-6-9-17(10-7-15)26-21(12-5-14-3-1-2-4-20(14)27(29)30)25-19-11-8-16(24)13-18(19)22(26)28/h1-13H/b12-5+. The molecule has 30 heavy (non-hydrogen) atoms. The molecule has 0 N–H and O–H groups in total. The fraction of sp³-hybridized carbons (Fsp3) is 0. The minimum atomic E-state index is -0.433. The van der Waals surface area contributed by atoms with E-state index >= 15 is 0 Å². The summed E-state index contributed by atoms with van der Waals surface area (Å²) in [7, 11) is 0. The number of para-hydroxylation sites is 1. The van der Waals surface area contributed by atoms with Crippen LogP contribution in [-0.2, 0) is 0 Å². The lowest BCUT2D eigenvalue weighted by Crippen LogP contribution is -2.22. The van der Waals surface area contributed by atoms with Gasteiger partial charge in [0.25, 0.3) is 11.2 Å². The van der Waals surface area contributed by atoms with Crippen LogP contribution in [0.15, 0.2) is 76.0 Å². The van der Waals surface area contributed by atoms with Crippen LogP contribution < -0.4 is 5.56 Å². The number of nitrogens with zero attached hydrogens (tertiary/aromatic N) is 3. The van der Waals surface area contributed by atoms with Gasteiger partial charge >= 0.3 is 0 Å². The molecule has 0 aliphatic carbocycles. The van der Waals surface area contributed by atoms with E-state index in [2.05, 4.69) is 43.5 Å². The van der Waals surface area contributed by atoms with Gasteiger partial charge in [-0.3, -0.25) is 19.5 Å². The van der Waals surface area contributed by atoms with Crippen molar-refractivity contribution in [1.82, 2.24) is 9.55 Å². The molecule has 3 aromatic carbocycles. The van der Waals surface area contributed by atoms with Gasteiger partial charge in [0.15, 0.2) is 0 Å². The Balaban J connectivity index is 1.96. The summed E-state index contributed by atoms with van der Waals surface area (Å²) in [4.78, 5) is 28.9. The molecule has 0 radical (unpaired) electrons. The molecule has 1 aromatic heterocycles. The number of halogens is 2. The maximum Gasteiger partial charge on any atom is 0.276 e. The Morgan fingerprint density at radius 1 is 1.03 bits per heavy atom. The normalized spacial score (nSPS) is 11.3. The Morgan fingerprint density at radius 2 is 1.77 bits per heavy atom. The van der Waals surface area contributed by atoms with Crippen molar-refractivity contribution in [1.29, 1.82) is 0 Å². The third kappa shape index (κ3) is 4.05. The lowest BCUT2D eigenvalue weighted by molar-refractivity contribution is -0.385. The predicted molar refractivity (Wildman–Crippen MR) is 130 cm³/mol. The molecule has 0 unspecified atom stereocenters. The van der Waals surface area contributed by atoms with E-state index in [1.54, 1.807) is 42.5 Å². The first-order valence-electron chi connectivity index (χ1n) is 8.84. The summed E-state index contributed by atoms with van der Waals surface area (Å²) in [5.41, 5.74) is 1.43. The zero-order chi connectivity index (χ0) is 21.3. The number of nitro benzene ring substituents is 1. The largest absolute Gasteiger partial charge is 0.276 e. The topological polar surface area (TPSA) is 78.0 Å². The highest BCUT2D eigenvalue weighted by Crippen LogP contribution is 2.22. The number of fused-ring (bicyclic) bond motifs is 1. The molecule has 148 valence electrons. The minimum Gasteiger partial charge on any atom is -0.268 e. The average Bonchev–Trinajstić information content (AvgIpc) is 2.74. The SMILES string of the molecule is O=c1c2cc(I)ccc2nc(/C=C/c2ccccc2[N+](=O)[O-])n1-c1ccc(Br)cc1. The number of hydrogen-bond acceptors (Lipinski definition) is 4. The summed E-state index contributed by atoms with van der Waals surface area (Å²) in [6.45, 7) is 0. The molecule has 0 amide bonds. The van der Waals surface area contributed by atoms with Gasteiger partial charge in [0.05, 0.1) is 27.1 Å². The smallest absolute Gasteiger partial charge is 0.268 e. The third-order valence-electron chi connectivity index (χ3n) is 4.49. The van der Waals surface area contributed by atoms with Crippen molar-refractivity contribution in [2.45, 2.75) is 0 Å². The van der Waals surface area contributed by atoms with Gasteiger partial charge in [-0.05, 0) is 83.3 Å². The lowest BCUT2D eigenvalue weighted by atomic mass is 10.1. The summed E-state index contributed by atoms with van der Waals surface area (Å²) in [5.74, 6) is 0.384. The molecule has 0 spiro atoms.